The Labute approximate surface area is 215 Å². The number of carbonyl (C=O) groups is 1. The molecule has 2 aromatic carbocycles. The van der Waals surface area contributed by atoms with Crippen LogP contribution in [0, 0.1) is 0 Å². The third-order valence-electron chi connectivity index (χ3n) is 6.91. The molecule has 1 saturated heterocycles. The van der Waals surface area contributed by atoms with E-state index in [1.165, 1.54) is 19.2 Å². The molecule has 2 aromatic heterocycles. The molecule has 4 aromatic rings. The molecule has 0 amide bonds. The molecule has 0 radical (unpaired) electrons. The zero-order valence-electron chi connectivity index (χ0n) is 20.7. The molecule has 37 heavy (non-hydrogen) atoms. The van der Waals surface area contributed by atoms with E-state index >= 15 is 0 Å². The number of aromatic nitrogens is 4. The van der Waals surface area contributed by atoms with Crippen LogP contribution in [0.15, 0.2) is 73.2 Å². The number of likely N-dealkylation sites (tertiary alicyclic amines) is 1. The lowest BCUT2D eigenvalue weighted by atomic mass is 10.1. The normalized spacial score (nSPS) is 16.2. The average Bonchev–Trinajstić information content (AvgIpc) is 3.67. The summed E-state index contributed by atoms with van der Waals surface area (Å²) in [6.07, 6.45) is 7.48. The fraction of sp³-hybridized carbons (Fsp3) is 0.286. The highest BCUT2D eigenvalue weighted by molar-refractivity contribution is 5.98. The Morgan fingerprint density at radius 3 is 2.54 bits per heavy atom. The number of nitrogens with zero attached hydrogens (tertiary/aromatic N) is 6. The predicted octanol–water partition coefficient (Wildman–Crippen LogP) is 3.90. The van der Waals surface area contributed by atoms with Gasteiger partial charge in [-0.15, -0.1) is 0 Å². The first-order valence-electron chi connectivity index (χ1n) is 12.5. The van der Waals surface area contributed by atoms with Crippen molar-refractivity contribution in [3.05, 3.63) is 73.2 Å². The summed E-state index contributed by atoms with van der Waals surface area (Å²) in [5, 5.41) is 5.65. The van der Waals surface area contributed by atoms with Gasteiger partial charge in [0.2, 0.25) is 0 Å². The van der Waals surface area contributed by atoms with E-state index in [1.54, 1.807) is 6.08 Å². The Hall–Kier alpha value is -4.24. The Bertz CT molecular complexity index is 1440. The number of anilines is 1. The predicted molar refractivity (Wildman–Crippen MR) is 142 cm³/mol. The monoisotopic (exact) mass is 495 g/mol. The average molecular weight is 496 g/mol. The van der Waals surface area contributed by atoms with Gasteiger partial charge in [0.15, 0.2) is 11.4 Å². The number of hydrogen-bond donors (Lipinski definition) is 1. The van der Waals surface area contributed by atoms with Crippen molar-refractivity contribution in [3.8, 4) is 22.8 Å². The van der Waals surface area contributed by atoms with Gasteiger partial charge in [0, 0.05) is 37.9 Å². The number of benzene rings is 2. The smallest absolute Gasteiger partial charge is 0.171 e. The molecular weight excluding hydrogens is 466 g/mol. The molecule has 2 N–H and O–H groups in total. The fourth-order valence-electron chi connectivity index (χ4n) is 4.66. The third kappa shape index (κ3) is 4.90. The number of carbonyl (C=O) groups excluding carboxylic acids is 1. The molecule has 0 bridgehead atoms. The maximum absolute atomic E-state index is 12.4. The van der Waals surface area contributed by atoms with Crippen molar-refractivity contribution in [3.63, 3.8) is 0 Å². The Balaban J connectivity index is 1.17. The van der Waals surface area contributed by atoms with E-state index in [0.29, 0.717) is 24.1 Å². The molecule has 2 fully saturated rings. The summed E-state index contributed by atoms with van der Waals surface area (Å²) in [6.45, 7) is 1.85. The molecule has 0 atom stereocenters. The van der Waals surface area contributed by atoms with Gasteiger partial charge in [0.1, 0.15) is 29.3 Å². The van der Waals surface area contributed by atoms with Crippen molar-refractivity contribution in [2.24, 2.45) is 0 Å². The first kappa shape index (κ1) is 23.2. The Kier molecular flexibility index (Phi) is 6.05. The molecular formula is C28H29N7O2. The first-order chi connectivity index (χ1) is 18.0. The van der Waals surface area contributed by atoms with Gasteiger partial charge < -0.3 is 15.4 Å². The SMILES string of the molecule is CN(/C=C/C(=O)CN1CC(n2nc(-c3ccc(Oc4ccccc4)cc3)c3c(N)ncnc32)C1)C1CC1. The Morgan fingerprint density at radius 1 is 1.08 bits per heavy atom. The topological polar surface area (TPSA) is 102 Å². The van der Waals surface area contributed by atoms with Gasteiger partial charge in [-0.25, -0.2) is 14.6 Å². The van der Waals surface area contributed by atoms with Crippen molar-refractivity contribution in [2.45, 2.75) is 24.9 Å². The van der Waals surface area contributed by atoms with Gasteiger partial charge in [0.05, 0.1) is 18.0 Å². The van der Waals surface area contributed by atoms with Crippen molar-refractivity contribution in [2.75, 3.05) is 32.4 Å². The van der Waals surface area contributed by atoms with Crippen LogP contribution in [0.1, 0.15) is 18.9 Å². The molecule has 0 spiro atoms. The van der Waals surface area contributed by atoms with Crippen molar-refractivity contribution >= 4 is 22.6 Å². The number of hydrogen-bond acceptors (Lipinski definition) is 8. The van der Waals surface area contributed by atoms with E-state index in [2.05, 4.69) is 19.8 Å². The summed E-state index contributed by atoms with van der Waals surface area (Å²) in [5.41, 5.74) is 8.62. The molecule has 9 heteroatoms. The van der Waals surface area contributed by atoms with Crippen LogP contribution in [0.25, 0.3) is 22.3 Å². The lowest BCUT2D eigenvalue weighted by molar-refractivity contribution is -0.117. The number of ketones is 1. The Morgan fingerprint density at radius 2 is 1.81 bits per heavy atom. The van der Waals surface area contributed by atoms with Crippen molar-refractivity contribution < 1.29 is 9.53 Å². The second-order valence-corrected chi connectivity index (χ2v) is 9.72. The maximum Gasteiger partial charge on any atom is 0.171 e. The van der Waals surface area contributed by atoms with E-state index < -0.39 is 0 Å². The summed E-state index contributed by atoms with van der Waals surface area (Å²) < 4.78 is 7.85. The number of para-hydroxylation sites is 1. The summed E-state index contributed by atoms with van der Waals surface area (Å²) in [6, 6.07) is 18.1. The number of rotatable bonds is 9. The van der Waals surface area contributed by atoms with Crippen LogP contribution in [0.3, 0.4) is 0 Å². The van der Waals surface area contributed by atoms with Crippen LogP contribution in [0.2, 0.25) is 0 Å². The number of nitrogens with two attached hydrogens (primary N) is 1. The fourth-order valence-corrected chi connectivity index (χ4v) is 4.66. The number of fused-ring (bicyclic) bond motifs is 1. The molecule has 2 aliphatic rings. The standard InChI is InChI=1S/C28H29N7O2/c1-33(20-9-10-20)14-13-22(36)17-34-15-21(16-34)35-28-25(27(29)30-18-31-28)26(32-35)19-7-11-24(12-8-19)37-23-5-3-2-4-6-23/h2-8,11-14,18,20-21H,9-10,15-17H2,1H3,(H2,29,30,31)/b14-13+. The highest BCUT2D eigenvalue weighted by Crippen LogP contribution is 2.35. The van der Waals surface area contributed by atoms with E-state index in [-0.39, 0.29) is 11.8 Å². The van der Waals surface area contributed by atoms with Gasteiger partial charge in [-0.3, -0.25) is 9.69 Å². The third-order valence-corrected chi connectivity index (χ3v) is 6.91. The molecule has 3 heterocycles. The minimum atomic E-state index is 0.108. The van der Waals surface area contributed by atoms with Crippen LogP contribution in [0.4, 0.5) is 5.82 Å². The largest absolute Gasteiger partial charge is 0.457 e. The van der Waals surface area contributed by atoms with Crippen LogP contribution in [-0.2, 0) is 4.79 Å². The maximum atomic E-state index is 12.4. The van der Waals surface area contributed by atoms with Crippen LogP contribution < -0.4 is 10.5 Å². The highest BCUT2D eigenvalue weighted by atomic mass is 16.5. The molecule has 1 saturated carbocycles. The quantitative estimate of drug-likeness (QED) is 0.349. The molecule has 6 rings (SSSR count). The molecule has 9 nitrogen and oxygen atoms in total. The zero-order chi connectivity index (χ0) is 25.4. The molecule has 188 valence electrons. The second-order valence-electron chi connectivity index (χ2n) is 9.72. The second kappa shape index (κ2) is 9.67. The van der Waals surface area contributed by atoms with Crippen LogP contribution >= 0.6 is 0 Å². The van der Waals surface area contributed by atoms with Crippen molar-refractivity contribution in [1.82, 2.24) is 29.5 Å². The van der Waals surface area contributed by atoms with E-state index in [0.717, 1.165) is 41.2 Å². The minimum Gasteiger partial charge on any atom is -0.457 e. The van der Waals surface area contributed by atoms with Crippen LogP contribution in [-0.4, -0.2) is 68.1 Å². The van der Waals surface area contributed by atoms with Gasteiger partial charge >= 0.3 is 0 Å². The van der Waals surface area contributed by atoms with Crippen LogP contribution in [0.5, 0.6) is 11.5 Å². The lowest BCUT2D eigenvalue weighted by Gasteiger charge is -2.38. The molecule has 1 aliphatic carbocycles. The minimum absolute atomic E-state index is 0.108. The summed E-state index contributed by atoms with van der Waals surface area (Å²) in [5.74, 6) is 2.02. The number of ether oxygens (including phenoxy) is 1. The van der Waals surface area contributed by atoms with E-state index in [9.17, 15) is 4.79 Å². The molecule has 1 aliphatic heterocycles. The van der Waals surface area contributed by atoms with Gasteiger partial charge in [-0.2, -0.15) is 5.10 Å². The summed E-state index contributed by atoms with van der Waals surface area (Å²) >= 11 is 0. The zero-order valence-corrected chi connectivity index (χ0v) is 20.7. The first-order valence-corrected chi connectivity index (χ1v) is 12.5. The van der Waals surface area contributed by atoms with Crippen molar-refractivity contribution in [1.29, 1.82) is 0 Å². The van der Waals surface area contributed by atoms with E-state index in [4.69, 9.17) is 15.6 Å². The van der Waals surface area contributed by atoms with Gasteiger partial charge in [0.25, 0.3) is 0 Å². The summed E-state index contributed by atoms with van der Waals surface area (Å²) in [7, 11) is 2.03. The van der Waals surface area contributed by atoms with Gasteiger partial charge in [-0.1, -0.05) is 18.2 Å². The van der Waals surface area contributed by atoms with E-state index in [1.807, 2.05) is 72.5 Å². The lowest BCUT2D eigenvalue weighted by Crippen LogP contribution is -2.49. The summed E-state index contributed by atoms with van der Waals surface area (Å²) in [4.78, 5) is 25.4. The molecule has 0 unspecified atom stereocenters. The number of nitrogen functional groups attached to an aromatic ring is 1. The van der Waals surface area contributed by atoms with Gasteiger partial charge in [-0.05, 0) is 55.3 Å². The highest BCUT2D eigenvalue weighted by Gasteiger charge is 2.32.